The molecule has 1 amide bonds. The van der Waals surface area contributed by atoms with E-state index < -0.39 is 5.91 Å². The molecule has 1 aromatic heterocycles. The lowest BCUT2D eigenvalue weighted by molar-refractivity contribution is -0.130. The third kappa shape index (κ3) is 3.35. The van der Waals surface area contributed by atoms with Crippen LogP contribution in [0.25, 0.3) is 0 Å². The number of carbonyl (C=O) groups excluding carboxylic acids is 1. The first kappa shape index (κ1) is 13.3. The van der Waals surface area contributed by atoms with Crippen molar-refractivity contribution in [3.63, 3.8) is 0 Å². The minimum Gasteiger partial charge on any atom is -0.398 e. The molecule has 0 spiro atoms. The van der Waals surface area contributed by atoms with Gasteiger partial charge in [0.15, 0.2) is 0 Å². The van der Waals surface area contributed by atoms with E-state index >= 15 is 0 Å². The second-order valence-corrected chi connectivity index (χ2v) is 3.49. The molecule has 0 radical (unpaired) electrons. The van der Waals surface area contributed by atoms with E-state index in [2.05, 4.69) is 0 Å². The number of carbonyl (C=O) groups is 1. The van der Waals surface area contributed by atoms with E-state index in [1.807, 2.05) is 0 Å². The highest BCUT2D eigenvalue weighted by Crippen LogP contribution is 1.98. The number of hydrogen-bond donors (Lipinski definition) is 1. The van der Waals surface area contributed by atoms with E-state index in [1.54, 1.807) is 12.1 Å². The van der Waals surface area contributed by atoms with Gasteiger partial charge in [0, 0.05) is 18.0 Å². The largest absolute Gasteiger partial charge is 0.398 e. The Bertz CT molecular complexity index is 562. The predicted molar refractivity (Wildman–Crippen MR) is 62.9 cm³/mol. The Morgan fingerprint density at radius 2 is 1.94 bits per heavy atom. The molecule has 0 unspecified atom stereocenters. The van der Waals surface area contributed by atoms with Gasteiger partial charge in [0.1, 0.15) is 19.6 Å². The first-order valence-electron chi connectivity index (χ1n) is 5.06. The maximum Gasteiger partial charge on any atom is 0.251 e. The van der Waals surface area contributed by atoms with Crippen LogP contribution in [0.1, 0.15) is 0 Å². The summed E-state index contributed by atoms with van der Waals surface area (Å²) in [7, 11) is 0. The zero-order valence-corrected chi connectivity index (χ0v) is 9.54. The standard InChI is InChI=1S/C11H11N5O2/c12-3-5-15(6-4-13)11(18)8-16-7-9(14)1-2-10(16)17/h1-2,7H,5-6,8,14H2. The van der Waals surface area contributed by atoms with E-state index in [0.717, 1.165) is 9.47 Å². The third-order valence-corrected chi connectivity index (χ3v) is 2.19. The highest BCUT2D eigenvalue weighted by molar-refractivity contribution is 5.76. The molecule has 18 heavy (non-hydrogen) atoms. The van der Waals surface area contributed by atoms with Crippen molar-refractivity contribution in [3.8, 4) is 12.1 Å². The zero-order chi connectivity index (χ0) is 13.5. The second-order valence-electron chi connectivity index (χ2n) is 3.49. The summed E-state index contributed by atoms with van der Waals surface area (Å²) in [6.07, 6.45) is 1.34. The molecule has 0 aliphatic heterocycles. The van der Waals surface area contributed by atoms with E-state index in [9.17, 15) is 9.59 Å². The van der Waals surface area contributed by atoms with Gasteiger partial charge in [0.2, 0.25) is 5.91 Å². The van der Waals surface area contributed by atoms with Crippen LogP contribution in [-0.4, -0.2) is 28.5 Å². The Balaban J connectivity index is 2.86. The van der Waals surface area contributed by atoms with Crippen molar-refractivity contribution in [2.45, 2.75) is 6.54 Å². The molecular weight excluding hydrogens is 234 g/mol. The van der Waals surface area contributed by atoms with Crippen molar-refractivity contribution in [3.05, 3.63) is 28.7 Å². The van der Waals surface area contributed by atoms with Crippen LogP contribution in [-0.2, 0) is 11.3 Å². The van der Waals surface area contributed by atoms with Gasteiger partial charge in [-0.1, -0.05) is 0 Å². The van der Waals surface area contributed by atoms with Gasteiger partial charge in [-0.05, 0) is 6.07 Å². The molecule has 1 aromatic rings. The van der Waals surface area contributed by atoms with Crippen LogP contribution in [0.2, 0.25) is 0 Å². The highest BCUT2D eigenvalue weighted by atomic mass is 16.2. The van der Waals surface area contributed by atoms with Crippen molar-refractivity contribution in [2.24, 2.45) is 0 Å². The molecule has 1 heterocycles. The molecule has 0 atom stereocenters. The van der Waals surface area contributed by atoms with Gasteiger partial charge in [0.25, 0.3) is 5.56 Å². The van der Waals surface area contributed by atoms with Crippen molar-refractivity contribution in [2.75, 3.05) is 18.8 Å². The van der Waals surface area contributed by atoms with Gasteiger partial charge >= 0.3 is 0 Å². The van der Waals surface area contributed by atoms with Gasteiger partial charge in [-0.25, -0.2) is 0 Å². The van der Waals surface area contributed by atoms with Crippen LogP contribution in [0.5, 0.6) is 0 Å². The van der Waals surface area contributed by atoms with Crippen LogP contribution in [0.4, 0.5) is 5.69 Å². The normalized spacial score (nSPS) is 9.22. The summed E-state index contributed by atoms with van der Waals surface area (Å²) >= 11 is 0. The number of rotatable bonds is 4. The van der Waals surface area contributed by atoms with Crippen LogP contribution in [0.3, 0.4) is 0 Å². The Morgan fingerprint density at radius 1 is 1.33 bits per heavy atom. The number of hydrogen-bond acceptors (Lipinski definition) is 5. The Labute approximate surface area is 103 Å². The number of nitrogens with two attached hydrogens (primary N) is 1. The predicted octanol–water partition coefficient (Wildman–Crippen LogP) is -0.694. The minimum atomic E-state index is -0.481. The first-order chi connectivity index (χ1) is 8.58. The van der Waals surface area contributed by atoms with Gasteiger partial charge in [0.05, 0.1) is 12.1 Å². The molecule has 2 N–H and O–H groups in total. The number of nitrogens with zero attached hydrogens (tertiary/aromatic N) is 4. The molecule has 0 aromatic carbocycles. The fraction of sp³-hybridized carbons (Fsp3) is 0.273. The number of pyridine rings is 1. The topological polar surface area (TPSA) is 116 Å². The lowest BCUT2D eigenvalue weighted by Gasteiger charge is -2.16. The molecule has 0 aliphatic carbocycles. The molecule has 0 saturated heterocycles. The molecule has 0 aliphatic rings. The van der Waals surface area contributed by atoms with E-state index in [0.29, 0.717) is 5.69 Å². The van der Waals surface area contributed by atoms with Crippen molar-refractivity contribution < 1.29 is 4.79 Å². The number of aromatic nitrogens is 1. The summed E-state index contributed by atoms with van der Waals surface area (Å²) in [6.45, 7) is -0.625. The first-order valence-corrected chi connectivity index (χ1v) is 5.06. The van der Waals surface area contributed by atoms with Crippen molar-refractivity contribution >= 4 is 11.6 Å². The summed E-state index contributed by atoms with van der Waals surface area (Å²) < 4.78 is 1.14. The second kappa shape index (κ2) is 6.06. The van der Waals surface area contributed by atoms with Crippen LogP contribution >= 0.6 is 0 Å². The summed E-state index contributed by atoms with van der Waals surface area (Å²) in [5.41, 5.74) is 5.49. The number of amides is 1. The minimum absolute atomic E-state index is 0.191. The number of nitriles is 2. The van der Waals surface area contributed by atoms with Gasteiger partial charge in [-0.2, -0.15) is 10.5 Å². The molecular formula is C11H11N5O2. The Kier molecular flexibility index (Phi) is 4.47. The zero-order valence-electron chi connectivity index (χ0n) is 9.54. The number of nitrogen functional groups attached to an aromatic ring is 1. The van der Waals surface area contributed by atoms with Gasteiger partial charge in [-0.3, -0.25) is 9.59 Å². The molecule has 0 fully saturated rings. The molecule has 0 saturated carbocycles. The lowest BCUT2D eigenvalue weighted by atomic mass is 10.4. The fourth-order valence-corrected chi connectivity index (χ4v) is 1.32. The SMILES string of the molecule is N#CCN(CC#N)C(=O)Cn1cc(N)ccc1=O. The molecule has 7 nitrogen and oxygen atoms in total. The third-order valence-electron chi connectivity index (χ3n) is 2.19. The van der Waals surface area contributed by atoms with E-state index in [1.165, 1.54) is 18.3 Å². The molecule has 7 heteroatoms. The summed E-state index contributed by atoms with van der Waals surface area (Å²) in [5, 5.41) is 17.1. The summed E-state index contributed by atoms with van der Waals surface area (Å²) in [5.74, 6) is -0.481. The summed E-state index contributed by atoms with van der Waals surface area (Å²) in [4.78, 5) is 24.3. The maximum atomic E-state index is 11.8. The van der Waals surface area contributed by atoms with Gasteiger partial charge < -0.3 is 15.2 Å². The van der Waals surface area contributed by atoms with Crippen molar-refractivity contribution in [1.29, 1.82) is 10.5 Å². The van der Waals surface area contributed by atoms with Crippen molar-refractivity contribution in [1.82, 2.24) is 9.47 Å². The molecule has 0 bridgehead atoms. The monoisotopic (exact) mass is 245 g/mol. The number of anilines is 1. The smallest absolute Gasteiger partial charge is 0.251 e. The van der Waals surface area contributed by atoms with Gasteiger partial charge in [-0.15, -0.1) is 0 Å². The van der Waals surface area contributed by atoms with E-state index in [-0.39, 0.29) is 25.2 Å². The van der Waals surface area contributed by atoms with E-state index in [4.69, 9.17) is 16.3 Å². The Morgan fingerprint density at radius 3 is 2.50 bits per heavy atom. The molecule has 92 valence electrons. The molecule has 1 rings (SSSR count). The average molecular weight is 245 g/mol. The lowest BCUT2D eigenvalue weighted by Crippen LogP contribution is -2.36. The van der Waals surface area contributed by atoms with Crippen LogP contribution < -0.4 is 11.3 Å². The summed E-state index contributed by atoms with van der Waals surface area (Å²) in [6, 6.07) is 6.26. The Hall–Kier alpha value is -2.80. The highest BCUT2D eigenvalue weighted by Gasteiger charge is 2.13. The quantitative estimate of drug-likeness (QED) is 0.704. The fourth-order valence-electron chi connectivity index (χ4n) is 1.32. The average Bonchev–Trinajstić information content (AvgIpc) is 2.33. The van der Waals surface area contributed by atoms with Crippen LogP contribution in [0.15, 0.2) is 23.1 Å². The maximum absolute atomic E-state index is 11.8. The van der Waals surface area contributed by atoms with Crippen LogP contribution in [0, 0.1) is 22.7 Å².